The third kappa shape index (κ3) is 2.03. The van der Waals surface area contributed by atoms with Crippen molar-refractivity contribution in [1.29, 1.82) is 0 Å². The van der Waals surface area contributed by atoms with Gasteiger partial charge in [0.15, 0.2) is 0 Å². The summed E-state index contributed by atoms with van der Waals surface area (Å²) in [6, 6.07) is 8.55. The van der Waals surface area contributed by atoms with Crippen LogP contribution in [0.3, 0.4) is 0 Å². The fourth-order valence-corrected chi connectivity index (χ4v) is 0.726. The maximum Gasteiger partial charge on any atom is 0.296 e. The molecule has 0 saturated carbocycles. The van der Waals surface area contributed by atoms with Gasteiger partial charge in [0, 0.05) is 5.56 Å². The lowest BCUT2D eigenvalue weighted by molar-refractivity contribution is -0.634. The molecule has 1 aromatic rings. The van der Waals surface area contributed by atoms with Crippen LogP contribution in [0.4, 0.5) is 0 Å². The van der Waals surface area contributed by atoms with E-state index in [1.807, 2.05) is 5.43 Å². The lowest BCUT2D eigenvalue weighted by Gasteiger charge is -2.02. The molecule has 0 unspecified atom stereocenters. The number of nitrogen functional groups attached to an aromatic ring is 1. The highest BCUT2D eigenvalue weighted by molar-refractivity contribution is 5.93. The first kappa shape index (κ1) is 7.71. The number of quaternary nitrogens is 1. The van der Waals surface area contributed by atoms with Crippen LogP contribution in [0.15, 0.2) is 30.3 Å². The number of carbonyl (C=O) groups is 1. The number of nitrogens with two attached hydrogens (primary N) is 1. The molecular weight excluding hydrogens is 144 g/mol. The summed E-state index contributed by atoms with van der Waals surface area (Å²) in [5.74, 6) is -0.374. The molecule has 4 nitrogen and oxygen atoms in total. The van der Waals surface area contributed by atoms with Gasteiger partial charge in [-0.2, -0.15) is 0 Å². The Morgan fingerprint density at radius 3 is 2.55 bits per heavy atom. The van der Waals surface area contributed by atoms with Crippen molar-refractivity contribution >= 4 is 5.91 Å². The summed E-state index contributed by atoms with van der Waals surface area (Å²) in [6.07, 6.45) is 0. The van der Waals surface area contributed by atoms with Gasteiger partial charge in [-0.25, -0.2) is 5.43 Å². The highest BCUT2D eigenvalue weighted by Gasteiger charge is 2.01. The number of carbonyl (C=O) groups excluding carboxylic acids is 1. The quantitative estimate of drug-likeness (QED) is 0.337. The van der Waals surface area contributed by atoms with E-state index in [1.54, 1.807) is 30.3 Å². The lowest BCUT2D eigenvalue weighted by Crippen LogP contribution is -2.88. The van der Waals surface area contributed by atoms with Crippen LogP contribution in [0.2, 0.25) is 0 Å². The van der Waals surface area contributed by atoms with E-state index in [2.05, 4.69) is 0 Å². The Hall–Kier alpha value is -1.39. The zero-order valence-corrected chi connectivity index (χ0v) is 5.78. The third-order valence-corrected chi connectivity index (χ3v) is 1.23. The minimum absolute atomic E-state index is 0.370. The van der Waals surface area contributed by atoms with E-state index in [4.69, 9.17) is 0 Å². The molecule has 0 aromatic heterocycles. The Morgan fingerprint density at radius 2 is 2.00 bits per heavy atom. The molecule has 0 spiro atoms. The summed E-state index contributed by atoms with van der Waals surface area (Å²) in [6.45, 7) is 0. The fourth-order valence-electron chi connectivity index (χ4n) is 0.726. The van der Waals surface area contributed by atoms with E-state index in [0.717, 1.165) is 0 Å². The first-order valence-electron chi connectivity index (χ1n) is 3.14. The van der Waals surface area contributed by atoms with Gasteiger partial charge in [-0.05, 0) is 12.1 Å². The zero-order valence-electron chi connectivity index (χ0n) is 5.78. The number of benzene rings is 1. The molecule has 1 amide bonds. The van der Waals surface area contributed by atoms with Crippen LogP contribution >= 0.6 is 0 Å². The van der Waals surface area contributed by atoms with Gasteiger partial charge in [-0.15, -0.1) is 0 Å². The Labute approximate surface area is 63.8 Å². The van der Waals surface area contributed by atoms with Gasteiger partial charge >= 0.3 is 0 Å². The predicted molar refractivity (Wildman–Crippen MR) is 39.2 cm³/mol. The van der Waals surface area contributed by atoms with Gasteiger partial charge in [0.05, 0.1) is 0 Å². The molecule has 0 atom stereocenters. The molecule has 58 valence electrons. The topological polar surface area (TPSA) is 68.8 Å². The highest BCUT2D eigenvalue weighted by atomic mass is 16.5. The molecule has 3 N–H and O–H groups in total. The van der Waals surface area contributed by atoms with Crippen molar-refractivity contribution in [3.05, 3.63) is 41.1 Å². The summed E-state index contributed by atoms with van der Waals surface area (Å²) in [5, 5.41) is 9.86. The van der Waals surface area contributed by atoms with Gasteiger partial charge in [-0.1, -0.05) is 18.2 Å². The van der Waals surface area contributed by atoms with E-state index in [0.29, 0.717) is 11.2 Å². The molecule has 1 rings (SSSR count). The first-order valence-corrected chi connectivity index (χ1v) is 3.14. The van der Waals surface area contributed by atoms with Crippen LogP contribution in [0.5, 0.6) is 0 Å². The molecule has 0 heterocycles. The second-order valence-electron chi connectivity index (χ2n) is 1.96. The first-order chi connectivity index (χ1) is 5.34. The monoisotopic (exact) mass is 152 g/mol. The van der Waals surface area contributed by atoms with E-state index >= 15 is 0 Å². The Bertz CT molecular complexity index is 235. The Morgan fingerprint density at radius 1 is 1.36 bits per heavy atom. The molecule has 4 heteroatoms. The molecular formula is C7H8N2O2. The molecule has 0 aliphatic heterocycles. The third-order valence-electron chi connectivity index (χ3n) is 1.23. The number of nitrogens with one attached hydrogen (secondary N) is 1. The molecule has 11 heavy (non-hydrogen) atoms. The number of hydrogen-bond donors (Lipinski definition) is 2. The van der Waals surface area contributed by atoms with Crippen molar-refractivity contribution in [2.24, 2.45) is 0 Å². The molecule has 1 aromatic carbocycles. The summed E-state index contributed by atoms with van der Waals surface area (Å²) < 4.78 is 0. The Kier molecular flexibility index (Phi) is 2.59. The van der Waals surface area contributed by atoms with Crippen molar-refractivity contribution in [2.75, 3.05) is 0 Å². The van der Waals surface area contributed by atoms with Gasteiger partial charge < -0.3 is 5.21 Å². The normalized spacial score (nSPS) is 9.18. The standard InChI is InChI=1S/C7H8N2O2/c10-7(8-9-11)6-4-2-1-3-5-6/h1-5H,9H2,(H,8,10). The molecule has 0 fully saturated rings. The SMILES string of the molecule is O=C(N[NH2+][O-])c1ccccc1. The van der Waals surface area contributed by atoms with Crippen molar-refractivity contribution in [3.8, 4) is 0 Å². The van der Waals surface area contributed by atoms with Crippen molar-refractivity contribution in [3.63, 3.8) is 0 Å². The summed E-state index contributed by atoms with van der Waals surface area (Å²) in [4.78, 5) is 10.9. The second-order valence-corrected chi connectivity index (χ2v) is 1.96. The van der Waals surface area contributed by atoms with Crippen LogP contribution in [0, 0.1) is 5.21 Å². The van der Waals surface area contributed by atoms with Gasteiger partial charge in [0.1, 0.15) is 0 Å². The maximum atomic E-state index is 10.9. The van der Waals surface area contributed by atoms with E-state index in [-0.39, 0.29) is 5.91 Å². The molecule has 0 aliphatic rings. The van der Waals surface area contributed by atoms with Gasteiger partial charge in [0.2, 0.25) is 0 Å². The zero-order chi connectivity index (χ0) is 8.10. The highest BCUT2D eigenvalue weighted by Crippen LogP contribution is 1.95. The number of rotatable bonds is 2. The molecule has 0 saturated heterocycles. The predicted octanol–water partition coefficient (Wildman–Crippen LogP) is -0.607. The smallest absolute Gasteiger partial charge is 0.296 e. The van der Waals surface area contributed by atoms with Crippen LogP contribution in [-0.2, 0) is 0 Å². The number of hydrogen-bond acceptors (Lipinski definition) is 2. The van der Waals surface area contributed by atoms with Crippen LogP contribution in [0.25, 0.3) is 0 Å². The van der Waals surface area contributed by atoms with Gasteiger partial charge in [0.25, 0.3) is 5.91 Å². The molecule has 0 aliphatic carbocycles. The van der Waals surface area contributed by atoms with E-state index < -0.39 is 0 Å². The summed E-state index contributed by atoms with van der Waals surface area (Å²) >= 11 is 0. The number of amides is 1. The minimum atomic E-state index is -0.374. The molecule has 0 radical (unpaired) electrons. The summed E-state index contributed by atoms with van der Waals surface area (Å²) in [5.41, 5.74) is 2.90. The fraction of sp³-hybridized carbons (Fsp3) is 0. The van der Waals surface area contributed by atoms with Crippen LogP contribution in [-0.4, -0.2) is 5.91 Å². The average molecular weight is 152 g/mol. The van der Waals surface area contributed by atoms with Crippen LogP contribution < -0.4 is 11.0 Å². The minimum Gasteiger partial charge on any atom is -0.609 e. The average Bonchev–Trinajstić information content (AvgIpc) is 2.07. The van der Waals surface area contributed by atoms with Crippen LogP contribution in [0.1, 0.15) is 10.4 Å². The van der Waals surface area contributed by atoms with E-state index in [9.17, 15) is 10.0 Å². The van der Waals surface area contributed by atoms with Gasteiger partial charge in [-0.3, -0.25) is 10.4 Å². The maximum absolute atomic E-state index is 10.9. The van der Waals surface area contributed by atoms with Crippen molar-refractivity contribution in [1.82, 2.24) is 5.43 Å². The van der Waals surface area contributed by atoms with Crippen molar-refractivity contribution in [2.45, 2.75) is 0 Å². The molecule has 0 bridgehead atoms. The van der Waals surface area contributed by atoms with E-state index in [1.165, 1.54) is 0 Å². The second kappa shape index (κ2) is 3.70. The largest absolute Gasteiger partial charge is 0.609 e. The summed E-state index contributed by atoms with van der Waals surface area (Å²) in [7, 11) is 0. The lowest BCUT2D eigenvalue weighted by atomic mass is 10.2. The Balaban J connectivity index is 2.69. The van der Waals surface area contributed by atoms with Crippen molar-refractivity contribution < 1.29 is 10.4 Å².